The van der Waals surface area contributed by atoms with Crippen LogP contribution in [0.15, 0.2) is 47.6 Å². The van der Waals surface area contributed by atoms with E-state index in [1.807, 2.05) is 12.1 Å². The molecule has 1 N–H and O–H groups in total. The minimum absolute atomic E-state index is 0.0306. The molecule has 3 rings (SSSR count). The maximum Gasteiger partial charge on any atom is 0.254 e. The Labute approximate surface area is 153 Å². The first-order valence-electron chi connectivity index (χ1n) is 8.30. The number of aromatic nitrogens is 1. The number of nitrogens with zero attached hydrogens (tertiary/aromatic N) is 2. The average Bonchev–Trinajstić information content (AvgIpc) is 3.17. The molecule has 1 aromatic heterocycles. The molecular formula is C18H21N3O4S. The van der Waals surface area contributed by atoms with Crippen molar-refractivity contribution in [1.82, 2.24) is 14.6 Å². The molecule has 0 aliphatic carbocycles. The molecule has 0 spiro atoms. The summed E-state index contributed by atoms with van der Waals surface area (Å²) < 4.78 is 31.9. The van der Waals surface area contributed by atoms with Gasteiger partial charge in [0.15, 0.2) is 0 Å². The van der Waals surface area contributed by atoms with Crippen molar-refractivity contribution in [3.05, 3.63) is 53.9 Å². The van der Waals surface area contributed by atoms with Crippen LogP contribution in [0.1, 0.15) is 34.8 Å². The molecule has 1 fully saturated rings. The highest BCUT2D eigenvalue weighted by atomic mass is 32.2. The van der Waals surface area contributed by atoms with E-state index in [2.05, 4.69) is 9.71 Å². The van der Waals surface area contributed by atoms with Gasteiger partial charge in [-0.15, -0.1) is 0 Å². The lowest BCUT2D eigenvalue weighted by Gasteiger charge is -2.25. The Bertz CT molecular complexity index is 900. The second-order valence-electron chi connectivity index (χ2n) is 6.01. The third kappa shape index (κ3) is 3.42. The Morgan fingerprint density at radius 1 is 1.27 bits per heavy atom. The topological polar surface area (TPSA) is 88.6 Å². The quantitative estimate of drug-likeness (QED) is 0.863. The number of nitrogens with one attached hydrogen (secondary N) is 1. The van der Waals surface area contributed by atoms with Crippen molar-refractivity contribution in [1.29, 1.82) is 0 Å². The Morgan fingerprint density at radius 3 is 2.65 bits per heavy atom. The summed E-state index contributed by atoms with van der Waals surface area (Å²) in [6, 6.07) is 8.25. The summed E-state index contributed by atoms with van der Waals surface area (Å²) in [5, 5.41) is 0. The normalized spacial score (nSPS) is 17.3. The van der Waals surface area contributed by atoms with Gasteiger partial charge in [-0.25, -0.2) is 13.1 Å². The summed E-state index contributed by atoms with van der Waals surface area (Å²) in [4.78, 5) is 18.8. The summed E-state index contributed by atoms with van der Waals surface area (Å²) in [6.07, 6.45) is 5.19. The molecule has 2 aromatic rings. The van der Waals surface area contributed by atoms with Crippen molar-refractivity contribution in [2.75, 3.05) is 20.7 Å². The number of carbonyl (C=O) groups is 1. The molecule has 7 nitrogen and oxygen atoms in total. The van der Waals surface area contributed by atoms with Crippen LogP contribution >= 0.6 is 0 Å². The lowest BCUT2D eigenvalue weighted by atomic mass is 10.1. The Morgan fingerprint density at radius 2 is 2.00 bits per heavy atom. The third-order valence-electron chi connectivity index (χ3n) is 4.57. The molecular weight excluding hydrogens is 354 g/mol. The maximum absolute atomic E-state index is 13.1. The van der Waals surface area contributed by atoms with E-state index in [1.165, 1.54) is 26.3 Å². The molecule has 1 aliphatic heterocycles. The molecule has 8 heteroatoms. The molecule has 0 saturated carbocycles. The number of benzene rings is 1. The van der Waals surface area contributed by atoms with Crippen LogP contribution in [0, 0.1) is 0 Å². The first-order chi connectivity index (χ1) is 12.5. The summed E-state index contributed by atoms with van der Waals surface area (Å²) in [5.41, 5.74) is 1.35. The Hall–Kier alpha value is -2.45. The van der Waals surface area contributed by atoms with Crippen LogP contribution in [0.2, 0.25) is 0 Å². The van der Waals surface area contributed by atoms with Crippen LogP contribution < -0.4 is 9.46 Å². The van der Waals surface area contributed by atoms with Crippen molar-refractivity contribution in [2.24, 2.45) is 0 Å². The van der Waals surface area contributed by atoms with E-state index >= 15 is 0 Å². The molecule has 1 saturated heterocycles. The fourth-order valence-electron chi connectivity index (χ4n) is 3.24. The van der Waals surface area contributed by atoms with Crippen molar-refractivity contribution < 1.29 is 17.9 Å². The van der Waals surface area contributed by atoms with E-state index in [0.717, 1.165) is 18.4 Å². The number of hydrogen-bond donors (Lipinski definition) is 1. The molecule has 0 radical (unpaired) electrons. The first-order valence-corrected chi connectivity index (χ1v) is 9.78. The fraction of sp³-hybridized carbons (Fsp3) is 0.333. The number of carbonyl (C=O) groups excluding carboxylic acids is 1. The van der Waals surface area contributed by atoms with E-state index in [9.17, 15) is 13.2 Å². The van der Waals surface area contributed by atoms with Crippen molar-refractivity contribution in [2.45, 2.75) is 23.8 Å². The number of sulfonamides is 1. The van der Waals surface area contributed by atoms with E-state index in [-0.39, 0.29) is 22.6 Å². The maximum atomic E-state index is 13.1. The zero-order chi connectivity index (χ0) is 18.7. The highest BCUT2D eigenvalue weighted by Crippen LogP contribution is 2.34. The van der Waals surface area contributed by atoms with Crippen LogP contribution in [0.3, 0.4) is 0 Å². The average molecular weight is 375 g/mol. The van der Waals surface area contributed by atoms with Gasteiger partial charge in [0.25, 0.3) is 5.91 Å². The molecule has 138 valence electrons. The lowest BCUT2D eigenvalue weighted by Crippen LogP contribution is -2.31. The number of ether oxygens (including phenoxy) is 1. The molecule has 1 aliphatic rings. The van der Waals surface area contributed by atoms with Gasteiger partial charge < -0.3 is 9.64 Å². The molecule has 26 heavy (non-hydrogen) atoms. The molecule has 0 bridgehead atoms. The highest BCUT2D eigenvalue weighted by molar-refractivity contribution is 7.89. The standard InChI is InChI=1S/C18H21N3O4S/c1-19-26(23,24)17-12-14(5-6-16(17)25-2)18(22)21-11-3-4-15(21)13-7-9-20-10-8-13/h5-10,12,15,19H,3-4,11H2,1-2H3/t15-/m0/s1. The molecule has 0 unspecified atom stereocenters. The second kappa shape index (κ2) is 7.43. The van der Waals surface area contributed by atoms with Gasteiger partial charge >= 0.3 is 0 Å². The smallest absolute Gasteiger partial charge is 0.254 e. The SMILES string of the molecule is CNS(=O)(=O)c1cc(C(=O)N2CCC[C@H]2c2ccncc2)ccc1OC. The van der Waals surface area contributed by atoms with E-state index in [1.54, 1.807) is 23.4 Å². The van der Waals surface area contributed by atoms with Gasteiger partial charge in [0, 0.05) is 24.5 Å². The van der Waals surface area contributed by atoms with Crippen LogP contribution in [-0.2, 0) is 10.0 Å². The number of likely N-dealkylation sites (tertiary alicyclic amines) is 1. The molecule has 2 heterocycles. The van der Waals surface area contributed by atoms with Crippen molar-refractivity contribution in [3.8, 4) is 5.75 Å². The van der Waals surface area contributed by atoms with Crippen molar-refractivity contribution in [3.63, 3.8) is 0 Å². The van der Waals surface area contributed by atoms with E-state index in [0.29, 0.717) is 12.1 Å². The van der Waals surface area contributed by atoms with Gasteiger partial charge in [0.05, 0.1) is 13.2 Å². The Balaban J connectivity index is 1.96. The van der Waals surface area contributed by atoms with E-state index < -0.39 is 10.0 Å². The highest BCUT2D eigenvalue weighted by Gasteiger charge is 2.31. The van der Waals surface area contributed by atoms with E-state index in [4.69, 9.17) is 4.74 Å². The number of methoxy groups -OCH3 is 1. The number of hydrogen-bond acceptors (Lipinski definition) is 5. The van der Waals surface area contributed by atoms with Crippen LogP contribution in [-0.4, -0.2) is 44.9 Å². The summed E-state index contributed by atoms with van der Waals surface area (Å²) in [6.45, 7) is 0.631. The monoisotopic (exact) mass is 375 g/mol. The summed E-state index contributed by atoms with van der Waals surface area (Å²) >= 11 is 0. The minimum atomic E-state index is -3.74. The molecule has 1 aromatic carbocycles. The van der Waals surface area contributed by atoms with Gasteiger partial charge in [-0.1, -0.05) is 0 Å². The molecule has 1 atom stereocenters. The summed E-state index contributed by atoms with van der Waals surface area (Å²) in [7, 11) is -1.02. The number of pyridine rings is 1. The zero-order valence-electron chi connectivity index (χ0n) is 14.7. The van der Waals surface area contributed by atoms with Crippen LogP contribution in [0.25, 0.3) is 0 Å². The second-order valence-corrected chi connectivity index (χ2v) is 7.87. The lowest BCUT2D eigenvalue weighted by molar-refractivity contribution is 0.0735. The minimum Gasteiger partial charge on any atom is -0.495 e. The van der Waals surface area contributed by atoms with Gasteiger partial charge in [-0.2, -0.15) is 0 Å². The van der Waals surface area contributed by atoms with Crippen LogP contribution in [0.4, 0.5) is 0 Å². The van der Waals surface area contributed by atoms with Gasteiger partial charge in [0.1, 0.15) is 10.6 Å². The predicted octanol–water partition coefficient (Wildman–Crippen LogP) is 1.98. The zero-order valence-corrected chi connectivity index (χ0v) is 15.5. The third-order valence-corrected chi connectivity index (χ3v) is 6.01. The summed E-state index contributed by atoms with van der Waals surface area (Å²) in [5.74, 6) is 0.00234. The van der Waals surface area contributed by atoms with Gasteiger partial charge in [-0.05, 0) is 55.8 Å². The van der Waals surface area contributed by atoms with Gasteiger partial charge in [0.2, 0.25) is 10.0 Å². The first kappa shape index (κ1) is 18.3. The molecule has 1 amide bonds. The number of amides is 1. The van der Waals surface area contributed by atoms with Crippen molar-refractivity contribution >= 4 is 15.9 Å². The largest absolute Gasteiger partial charge is 0.495 e. The number of rotatable bonds is 5. The predicted molar refractivity (Wildman–Crippen MR) is 96.5 cm³/mol. The Kier molecular flexibility index (Phi) is 5.24. The van der Waals surface area contributed by atoms with Crippen LogP contribution in [0.5, 0.6) is 5.75 Å². The van der Waals surface area contributed by atoms with Gasteiger partial charge in [-0.3, -0.25) is 9.78 Å². The fourth-order valence-corrected chi connectivity index (χ4v) is 4.16.